The van der Waals surface area contributed by atoms with E-state index < -0.39 is 0 Å². The standard InChI is InChI=1S/C18H28N2OS2.ClH/c1-13(2)11-18(3,12-19)20-16(21)14-5-7-15(8-6-14)17-22-9-4-10-23-17;/h5-8,13,17H,4,9-12,19H2,1-3H3,(H,20,21);1H. The number of nitrogens with two attached hydrogens (primary N) is 1. The smallest absolute Gasteiger partial charge is 0.251 e. The number of benzene rings is 1. The fourth-order valence-electron chi connectivity index (χ4n) is 2.90. The zero-order valence-electron chi connectivity index (χ0n) is 14.7. The molecule has 0 radical (unpaired) electrons. The van der Waals surface area contributed by atoms with Gasteiger partial charge < -0.3 is 11.1 Å². The SMILES string of the molecule is CC(C)CC(C)(CN)NC(=O)c1ccc(C2SCCCS2)cc1.Cl. The number of thioether (sulfide) groups is 2. The molecule has 1 aliphatic rings. The lowest BCUT2D eigenvalue weighted by atomic mass is 9.90. The fraction of sp³-hybridized carbons (Fsp3) is 0.611. The number of amides is 1. The molecule has 1 heterocycles. The van der Waals surface area contributed by atoms with Gasteiger partial charge in [-0.3, -0.25) is 4.79 Å². The average Bonchev–Trinajstić information content (AvgIpc) is 2.55. The minimum Gasteiger partial charge on any atom is -0.346 e. The van der Waals surface area contributed by atoms with Crippen molar-refractivity contribution in [2.24, 2.45) is 11.7 Å². The largest absolute Gasteiger partial charge is 0.346 e. The molecular weight excluding hydrogens is 360 g/mol. The van der Waals surface area contributed by atoms with Gasteiger partial charge in [-0.1, -0.05) is 26.0 Å². The molecule has 6 heteroatoms. The molecular formula is C18H29ClN2OS2. The lowest BCUT2D eigenvalue weighted by molar-refractivity contribution is 0.0898. The van der Waals surface area contributed by atoms with Gasteiger partial charge in [0.2, 0.25) is 0 Å². The van der Waals surface area contributed by atoms with Gasteiger partial charge >= 0.3 is 0 Å². The molecule has 0 aromatic heterocycles. The molecule has 0 aliphatic carbocycles. The number of hydrogen-bond acceptors (Lipinski definition) is 4. The summed E-state index contributed by atoms with van der Waals surface area (Å²) < 4.78 is 0.510. The second-order valence-corrected chi connectivity index (χ2v) is 9.59. The van der Waals surface area contributed by atoms with Gasteiger partial charge in [-0.25, -0.2) is 0 Å². The molecule has 1 aromatic rings. The molecule has 1 aromatic carbocycles. The highest BCUT2D eigenvalue weighted by atomic mass is 35.5. The normalized spacial score (nSPS) is 17.9. The highest BCUT2D eigenvalue weighted by Crippen LogP contribution is 2.43. The Labute approximate surface area is 160 Å². The fourth-order valence-corrected chi connectivity index (χ4v) is 5.80. The van der Waals surface area contributed by atoms with E-state index in [2.05, 4.69) is 31.3 Å². The summed E-state index contributed by atoms with van der Waals surface area (Å²) in [6.07, 6.45) is 2.17. The first-order valence-corrected chi connectivity index (χ1v) is 10.4. The molecule has 0 spiro atoms. The van der Waals surface area contributed by atoms with Gasteiger partial charge in [0.25, 0.3) is 5.91 Å². The van der Waals surface area contributed by atoms with Crippen LogP contribution in [0.2, 0.25) is 0 Å². The van der Waals surface area contributed by atoms with Crippen molar-refractivity contribution in [3.05, 3.63) is 35.4 Å². The van der Waals surface area contributed by atoms with Crippen molar-refractivity contribution in [3.63, 3.8) is 0 Å². The predicted octanol–water partition coefficient (Wildman–Crippen LogP) is 4.47. The van der Waals surface area contributed by atoms with Crippen molar-refractivity contribution < 1.29 is 4.79 Å². The Kier molecular flexibility index (Phi) is 8.99. The van der Waals surface area contributed by atoms with Crippen LogP contribution in [0.15, 0.2) is 24.3 Å². The molecule has 1 fully saturated rings. The Morgan fingerprint density at radius 2 is 1.88 bits per heavy atom. The number of nitrogens with one attached hydrogen (secondary N) is 1. The Bertz CT molecular complexity index is 518. The first-order chi connectivity index (χ1) is 10.9. The molecule has 1 unspecified atom stereocenters. The van der Waals surface area contributed by atoms with Crippen LogP contribution < -0.4 is 11.1 Å². The van der Waals surface area contributed by atoms with Crippen molar-refractivity contribution in [1.29, 1.82) is 0 Å². The Morgan fingerprint density at radius 3 is 2.38 bits per heavy atom. The molecule has 0 saturated carbocycles. The van der Waals surface area contributed by atoms with Crippen molar-refractivity contribution in [2.75, 3.05) is 18.1 Å². The van der Waals surface area contributed by atoms with Crippen molar-refractivity contribution >= 4 is 41.8 Å². The molecule has 3 nitrogen and oxygen atoms in total. The monoisotopic (exact) mass is 388 g/mol. The summed E-state index contributed by atoms with van der Waals surface area (Å²) in [7, 11) is 0. The molecule has 1 atom stereocenters. The third kappa shape index (κ3) is 6.17. The summed E-state index contributed by atoms with van der Waals surface area (Å²) in [5.74, 6) is 2.91. The number of carbonyl (C=O) groups excluding carboxylic acids is 1. The summed E-state index contributed by atoms with van der Waals surface area (Å²) >= 11 is 3.99. The minimum absolute atomic E-state index is 0. The lowest BCUT2D eigenvalue weighted by Gasteiger charge is -2.31. The summed E-state index contributed by atoms with van der Waals surface area (Å²) in [5, 5.41) is 3.12. The summed E-state index contributed by atoms with van der Waals surface area (Å²) in [6, 6.07) is 8.06. The van der Waals surface area contributed by atoms with E-state index in [0.717, 1.165) is 6.42 Å². The van der Waals surface area contributed by atoms with Crippen LogP contribution in [0.1, 0.15) is 54.1 Å². The number of rotatable bonds is 6. The maximum absolute atomic E-state index is 12.5. The molecule has 0 bridgehead atoms. The first-order valence-electron chi connectivity index (χ1n) is 8.29. The maximum atomic E-state index is 12.5. The van der Waals surface area contributed by atoms with Gasteiger partial charge in [0.1, 0.15) is 0 Å². The van der Waals surface area contributed by atoms with Crippen molar-refractivity contribution in [2.45, 2.75) is 43.7 Å². The van der Waals surface area contributed by atoms with Crippen molar-refractivity contribution in [1.82, 2.24) is 5.32 Å². The minimum atomic E-state index is -0.348. The molecule has 24 heavy (non-hydrogen) atoms. The zero-order chi connectivity index (χ0) is 16.9. The second kappa shape index (κ2) is 9.95. The van der Waals surface area contributed by atoms with Gasteiger partial charge in [-0.05, 0) is 54.9 Å². The molecule has 3 N–H and O–H groups in total. The van der Waals surface area contributed by atoms with E-state index in [9.17, 15) is 4.79 Å². The molecule has 1 amide bonds. The molecule has 1 aliphatic heterocycles. The Morgan fingerprint density at radius 1 is 1.29 bits per heavy atom. The van der Waals surface area contributed by atoms with Crippen LogP contribution in [-0.4, -0.2) is 29.5 Å². The van der Waals surface area contributed by atoms with Gasteiger partial charge in [0.15, 0.2) is 0 Å². The van der Waals surface area contributed by atoms with Gasteiger partial charge in [-0.15, -0.1) is 35.9 Å². The van der Waals surface area contributed by atoms with Gasteiger partial charge in [-0.2, -0.15) is 0 Å². The van der Waals surface area contributed by atoms with E-state index in [1.807, 2.05) is 42.6 Å². The van der Waals surface area contributed by atoms with Gasteiger partial charge in [0.05, 0.1) is 4.58 Å². The lowest BCUT2D eigenvalue weighted by Crippen LogP contribution is -2.52. The van der Waals surface area contributed by atoms with Crippen LogP contribution in [0.25, 0.3) is 0 Å². The Hall–Kier alpha value is -0.360. The van der Waals surface area contributed by atoms with Crippen LogP contribution in [0.3, 0.4) is 0 Å². The maximum Gasteiger partial charge on any atom is 0.251 e. The van der Waals surface area contributed by atoms with Crippen LogP contribution in [0.4, 0.5) is 0 Å². The number of hydrogen-bond donors (Lipinski definition) is 2. The number of halogens is 1. The van der Waals surface area contributed by atoms with E-state index in [0.29, 0.717) is 22.6 Å². The van der Waals surface area contributed by atoms with Crippen LogP contribution in [0, 0.1) is 5.92 Å². The summed E-state index contributed by atoms with van der Waals surface area (Å²) in [4.78, 5) is 12.5. The zero-order valence-corrected chi connectivity index (χ0v) is 17.2. The molecule has 2 rings (SSSR count). The van der Waals surface area contributed by atoms with E-state index >= 15 is 0 Å². The average molecular weight is 389 g/mol. The number of carbonyl (C=O) groups is 1. The van der Waals surface area contributed by atoms with E-state index in [1.54, 1.807) is 0 Å². The summed E-state index contributed by atoms with van der Waals surface area (Å²) in [6.45, 7) is 6.77. The quantitative estimate of drug-likeness (QED) is 0.754. The van der Waals surface area contributed by atoms with E-state index in [4.69, 9.17) is 5.73 Å². The third-order valence-electron chi connectivity index (χ3n) is 4.00. The van der Waals surface area contributed by atoms with Crippen LogP contribution in [-0.2, 0) is 0 Å². The second-order valence-electron chi connectivity index (χ2n) is 6.87. The van der Waals surface area contributed by atoms with Crippen molar-refractivity contribution in [3.8, 4) is 0 Å². The van der Waals surface area contributed by atoms with Gasteiger partial charge in [0, 0.05) is 17.6 Å². The highest BCUT2D eigenvalue weighted by molar-refractivity contribution is 8.16. The Balaban J connectivity index is 0.00000288. The molecule has 136 valence electrons. The third-order valence-corrected chi connectivity index (χ3v) is 7.01. The first kappa shape index (κ1) is 21.7. The van der Waals surface area contributed by atoms with E-state index in [1.165, 1.54) is 23.5 Å². The van der Waals surface area contributed by atoms with E-state index in [-0.39, 0.29) is 23.9 Å². The summed E-state index contributed by atoms with van der Waals surface area (Å²) in [5.41, 5.74) is 7.55. The highest BCUT2D eigenvalue weighted by Gasteiger charge is 2.26. The topological polar surface area (TPSA) is 55.1 Å². The molecule has 1 saturated heterocycles. The van der Waals surface area contributed by atoms with Crippen LogP contribution >= 0.6 is 35.9 Å². The van der Waals surface area contributed by atoms with Crippen LogP contribution in [0.5, 0.6) is 0 Å². The predicted molar refractivity (Wildman–Crippen MR) is 110 cm³/mol.